The van der Waals surface area contributed by atoms with Gasteiger partial charge in [-0.2, -0.15) is 5.10 Å². The van der Waals surface area contributed by atoms with Crippen molar-refractivity contribution in [2.75, 3.05) is 37.4 Å². The summed E-state index contributed by atoms with van der Waals surface area (Å²) in [4.78, 5) is 38.8. The summed E-state index contributed by atoms with van der Waals surface area (Å²) in [5.41, 5.74) is 0.785. The number of amides is 2. The molecule has 0 radical (unpaired) electrons. The molecule has 0 unspecified atom stereocenters. The molecule has 0 saturated carbocycles. The number of likely N-dealkylation sites (N-methyl/N-ethyl adjacent to an activating group) is 1. The van der Waals surface area contributed by atoms with Crippen LogP contribution in [0.5, 0.6) is 5.75 Å². The highest BCUT2D eigenvalue weighted by Crippen LogP contribution is 2.28. The number of H-pyrrole nitrogens is 1. The molecular weight excluding hydrogens is 402 g/mol. The molecule has 10 nitrogen and oxygen atoms in total. The van der Waals surface area contributed by atoms with Crippen molar-refractivity contribution in [2.45, 2.75) is 20.8 Å². The fourth-order valence-corrected chi connectivity index (χ4v) is 3.26. The number of fused-ring (bicyclic) bond motifs is 1. The van der Waals surface area contributed by atoms with E-state index in [0.29, 0.717) is 34.8 Å². The summed E-state index contributed by atoms with van der Waals surface area (Å²) in [6.45, 7) is 5.75. The number of anilines is 2. The van der Waals surface area contributed by atoms with Crippen molar-refractivity contribution in [1.82, 2.24) is 15.1 Å². The number of rotatable bonds is 8. The molecule has 0 spiro atoms. The molecule has 2 amide bonds. The van der Waals surface area contributed by atoms with E-state index >= 15 is 0 Å². The van der Waals surface area contributed by atoms with Crippen molar-refractivity contribution in [3.05, 3.63) is 46.1 Å². The number of hydrogen-bond acceptors (Lipinski definition) is 7. The first-order valence-electron chi connectivity index (χ1n) is 9.76. The van der Waals surface area contributed by atoms with Crippen molar-refractivity contribution in [3.63, 3.8) is 0 Å². The third-order valence-corrected chi connectivity index (χ3v) is 4.81. The van der Waals surface area contributed by atoms with Crippen LogP contribution in [-0.2, 0) is 9.59 Å². The smallest absolute Gasteiger partial charge is 0.277 e. The quantitative estimate of drug-likeness (QED) is 0.502. The Balaban J connectivity index is 1.63. The number of hydrogen-bond donors (Lipinski definition) is 3. The largest absolute Gasteiger partial charge is 0.497 e. The minimum absolute atomic E-state index is 0.0253. The second-order valence-corrected chi connectivity index (χ2v) is 7.00. The molecule has 0 saturated heterocycles. The summed E-state index contributed by atoms with van der Waals surface area (Å²) < 4.78 is 10.7. The fraction of sp³-hybridized carbons (Fsp3) is 0.333. The van der Waals surface area contributed by atoms with Gasteiger partial charge in [0.25, 0.3) is 5.56 Å². The summed E-state index contributed by atoms with van der Waals surface area (Å²) in [7, 11) is 1.57. The number of ether oxygens (including phenoxy) is 1. The standard InChI is InChI=1S/C21H25N5O5/c1-5-26(10-16(27)22-14-6-8-15(30-4)9-7-14)11-17(28)23-21-19-18(13(3)31-21)12(2)24-25-20(19)29/h6-9H,5,10-11H2,1-4H3,(H,22,27)(H,23,28)(H,25,29). The Morgan fingerprint density at radius 1 is 1.10 bits per heavy atom. The average Bonchev–Trinajstić information content (AvgIpc) is 3.07. The number of methoxy groups -OCH3 is 1. The number of nitrogens with zero attached hydrogens (tertiary/aromatic N) is 2. The van der Waals surface area contributed by atoms with E-state index in [1.807, 2.05) is 6.92 Å². The molecule has 3 aromatic rings. The van der Waals surface area contributed by atoms with Gasteiger partial charge < -0.3 is 14.5 Å². The Morgan fingerprint density at radius 3 is 2.35 bits per heavy atom. The van der Waals surface area contributed by atoms with Crippen LogP contribution in [0.4, 0.5) is 11.6 Å². The third kappa shape index (κ3) is 5.10. The minimum Gasteiger partial charge on any atom is -0.497 e. The zero-order valence-corrected chi connectivity index (χ0v) is 17.9. The van der Waals surface area contributed by atoms with Crippen LogP contribution in [-0.4, -0.2) is 53.7 Å². The van der Waals surface area contributed by atoms with E-state index in [0.717, 1.165) is 0 Å². The number of aryl methyl sites for hydroxylation is 2. The van der Waals surface area contributed by atoms with E-state index in [-0.39, 0.29) is 30.3 Å². The normalized spacial score (nSPS) is 11.0. The molecule has 3 rings (SSSR count). The highest BCUT2D eigenvalue weighted by molar-refractivity contribution is 6.02. The van der Waals surface area contributed by atoms with Crippen LogP contribution < -0.4 is 20.9 Å². The SMILES string of the molecule is CCN(CC(=O)Nc1ccc(OC)cc1)CC(=O)Nc1oc(C)c2c(C)n[nH]c(=O)c12. The molecule has 0 aliphatic carbocycles. The number of aromatic amines is 1. The average molecular weight is 427 g/mol. The third-order valence-electron chi connectivity index (χ3n) is 4.81. The van der Waals surface area contributed by atoms with E-state index in [1.165, 1.54) is 0 Å². The van der Waals surface area contributed by atoms with Gasteiger partial charge in [0.2, 0.25) is 17.7 Å². The van der Waals surface area contributed by atoms with Crippen LogP contribution in [0.3, 0.4) is 0 Å². The topological polar surface area (TPSA) is 130 Å². The number of aromatic nitrogens is 2. The number of carbonyl (C=O) groups excluding carboxylic acids is 2. The maximum absolute atomic E-state index is 12.6. The summed E-state index contributed by atoms with van der Waals surface area (Å²) in [5.74, 6) is 0.604. The molecule has 31 heavy (non-hydrogen) atoms. The monoisotopic (exact) mass is 427 g/mol. The number of furan rings is 1. The summed E-state index contributed by atoms with van der Waals surface area (Å²) >= 11 is 0. The van der Waals surface area contributed by atoms with E-state index in [2.05, 4.69) is 20.8 Å². The van der Waals surface area contributed by atoms with Crippen LogP contribution in [0.25, 0.3) is 10.8 Å². The van der Waals surface area contributed by atoms with Gasteiger partial charge in [0, 0.05) is 5.69 Å². The highest BCUT2D eigenvalue weighted by Gasteiger charge is 2.20. The lowest BCUT2D eigenvalue weighted by molar-refractivity contribution is -0.120. The van der Waals surface area contributed by atoms with Crippen LogP contribution in [0.1, 0.15) is 18.4 Å². The number of nitrogens with one attached hydrogen (secondary N) is 3. The first-order valence-corrected chi connectivity index (χ1v) is 9.76. The Labute approximate surface area is 178 Å². The van der Waals surface area contributed by atoms with E-state index in [1.54, 1.807) is 50.1 Å². The van der Waals surface area contributed by atoms with Gasteiger partial charge in [0.05, 0.1) is 31.3 Å². The zero-order valence-electron chi connectivity index (χ0n) is 17.9. The molecular formula is C21H25N5O5. The van der Waals surface area contributed by atoms with Crippen molar-refractivity contribution in [3.8, 4) is 5.75 Å². The predicted octanol–water partition coefficient (Wildman–Crippen LogP) is 2.04. The second-order valence-electron chi connectivity index (χ2n) is 7.00. The second kappa shape index (κ2) is 9.43. The molecule has 164 valence electrons. The molecule has 1 aromatic carbocycles. The first kappa shape index (κ1) is 22.0. The van der Waals surface area contributed by atoms with Gasteiger partial charge in [-0.1, -0.05) is 6.92 Å². The molecule has 0 fully saturated rings. The highest BCUT2D eigenvalue weighted by atomic mass is 16.5. The van der Waals surface area contributed by atoms with Crippen LogP contribution in [0, 0.1) is 13.8 Å². The van der Waals surface area contributed by atoms with Gasteiger partial charge in [-0.15, -0.1) is 0 Å². The number of carbonyl (C=O) groups is 2. The van der Waals surface area contributed by atoms with Gasteiger partial charge in [0.15, 0.2) is 0 Å². The van der Waals surface area contributed by atoms with Crippen molar-refractivity contribution in [1.29, 1.82) is 0 Å². The summed E-state index contributed by atoms with van der Waals surface area (Å²) in [6.07, 6.45) is 0. The van der Waals surface area contributed by atoms with Gasteiger partial charge >= 0.3 is 0 Å². The number of benzene rings is 1. The van der Waals surface area contributed by atoms with Crippen LogP contribution >= 0.6 is 0 Å². The summed E-state index contributed by atoms with van der Waals surface area (Å²) in [5, 5.41) is 12.6. The van der Waals surface area contributed by atoms with E-state index in [9.17, 15) is 14.4 Å². The van der Waals surface area contributed by atoms with Crippen LogP contribution in [0.15, 0.2) is 33.5 Å². The zero-order chi connectivity index (χ0) is 22.5. The van der Waals surface area contributed by atoms with Gasteiger partial charge in [-0.3, -0.25) is 24.6 Å². The Bertz CT molecular complexity index is 1150. The molecule has 0 bridgehead atoms. The lowest BCUT2D eigenvalue weighted by Gasteiger charge is -2.19. The van der Waals surface area contributed by atoms with Gasteiger partial charge in [-0.25, -0.2) is 5.10 Å². The van der Waals surface area contributed by atoms with Gasteiger partial charge in [-0.05, 0) is 44.7 Å². The van der Waals surface area contributed by atoms with E-state index in [4.69, 9.17) is 9.15 Å². The molecule has 2 aromatic heterocycles. The van der Waals surface area contributed by atoms with E-state index < -0.39 is 11.5 Å². The minimum atomic E-state index is -0.445. The maximum atomic E-state index is 12.6. The van der Waals surface area contributed by atoms with Crippen molar-refractivity contribution in [2.24, 2.45) is 0 Å². The summed E-state index contributed by atoms with van der Waals surface area (Å²) in [6, 6.07) is 6.96. The molecule has 10 heteroatoms. The lowest BCUT2D eigenvalue weighted by atomic mass is 10.2. The maximum Gasteiger partial charge on any atom is 0.277 e. The van der Waals surface area contributed by atoms with Gasteiger partial charge in [0.1, 0.15) is 16.9 Å². The first-order chi connectivity index (χ1) is 14.8. The molecule has 2 heterocycles. The Hall–Kier alpha value is -3.66. The van der Waals surface area contributed by atoms with Crippen molar-refractivity contribution >= 4 is 34.2 Å². The Kier molecular flexibility index (Phi) is 6.71. The predicted molar refractivity (Wildman–Crippen MR) is 116 cm³/mol. The molecule has 3 N–H and O–H groups in total. The lowest BCUT2D eigenvalue weighted by Crippen LogP contribution is -2.38. The van der Waals surface area contributed by atoms with Crippen molar-refractivity contribution < 1.29 is 18.7 Å². The van der Waals surface area contributed by atoms with Crippen LogP contribution in [0.2, 0.25) is 0 Å². The fourth-order valence-electron chi connectivity index (χ4n) is 3.26. The molecule has 0 atom stereocenters. The molecule has 0 aliphatic heterocycles. The molecule has 0 aliphatic rings. The Morgan fingerprint density at radius 2 is 1.74 bits per heavy atom.